The molecule has 1 amide bonds. The molecule has 10 heteroatoms. The average molecular weight is 704 g/mol. The summed E-state index contributed by atoms with van der Waals surface area (Å²) in [5.74, 6) is -2.46. The molecule has 1 atom stereocenters. The van der Waals surface area contributed by atoms with Gasteiger partial charge in [0.2, 0.25) is 5.91 Å². The number of nitrogens with one attached hydrogen (secondary N) is 1. The molecule has 0 aromatic heterocycles. The van der Waals surface area contributed by atoms with Gasteiger partial charge >= 0.3 is 19.5 Å². The summed E-state index contributed by atoms with van der Waals surface area (Å²) in [6.45, 7) is 4.88. The topological polar surface area (TPSA) is 139 Å². The summed E-state index contributed by atoms with van der Waals surface area (Å²) in [6, 6.07) is -1.35. The molecular weight excluding hydrogens is 629 g/mol. The molecule has 0 heterocycles. The Hall–Kier alpha value is -1.44. The fraction of sp³-hybridized carbons (Fsp3) is 0.921. The van der Waals surface area contributed by atoms with Gasteiger partial charge in [0.05, 0.1) is 19.6 Å². The normalized spacial score (nSPS) is 12.2. The molecule has 0 unspecified atom stereocenters. The van der Waals surface area contributed by atoms with Crippen molar-refractivity contribution in [2.75, 3.05) is 19.4 Å². The van der Waals surface area contributed by atoms with E-state index in [0.717, 1.165) is 38.5 Å². The predicted molar refractivity (Wildman–Crippen MR) is 196 cm³/mol. The van der Waals surface area contributed by atoms with Crippen LogP contribution in [0, 0.1) is 0 Å². The van der Waals surface area contributed by atoms with Crippen LogP contribution in [0.5, 0.6) is 0 Å². The van der Waals surface area contributed by atoms with Crippen molar-refractivity contribution < 1.29 is 38.2 Å². The van der Waals surface area contributed by atoms with Gasteiger partial charge in [0.1, 0.15) is 12.2 Å². The van der Waals surface area contributed by atoms with Crippen LogP contribution in [0.15, 0.2) is 0 Å². The molecule has 0 saturated heterocycles. The van der Waals surface area contributed by atoms with E-state index in [1.165, 1.54) is 135 Å². The van der Waals surface area contributed by atoms with E-state index < -0.39 is 44.1 Å². The number of rotatable bonds is 36. The van der Waals surface area contributed by atoms with Gasteiger partial charge in [-0.15, -0.1) is 0 Å². The first-order chi connectivity index (χ1) is 23.2. The van der Waals surface area contributed by atoms with E-state index in [0.29, 0.717) is 6.42 Å². The lowest BCUT2D eigenvalue weighted by Gasteiger charge is -2.17. The van der Waals surface area contributed by atoms with E-state index in [1.54, 1.807) is 0 Å². The first kappa shape index (κ1) is 46.6. The van der Waals surface area contributed by atoms with Gasteiger partial charge in [0.15, 0.2) is 0 Å². The monoisotopic (exact) mass is 704 g/mol. The molecule has 0 saturated carbocycles. The number of esters is 2. The lowest BCUT2D eigenvalue weighted by atomic mass is 10.0. The zero-order valence-electron chi connectivity index (χ0n) is 31.0. The second kappa shape index (κ2) is 34.0. The minimum Gasteiger partial charge on any atom is -0.466 e. The molecule has 48 heavy (non-hydrogen) atoms. The quantitative estimate of drug-likeness (QED) is 0.0333. The Balaban J connectivity index is 4.11. The standard InChI is InChI=1S/C38H74NO8P/c1-3-5-7-9-11-13-15-17-19-21-23-25-27-29-31-46-37(41)33-35(39-36(40)34-48(43,44)45)38(42)47-32-30-28-26-24-22-20-18-16-14-12-10-8-6-4-2/h35H,3-34H2,1-2H3,(H,39,40)(H2,43,44,45)/t35-/m0/s1. The van der Waals surface area contributed by atoms with Crippen molar-refractivity contribution in [1.82, 2.24) is 5.32 Å². The van der Waals surface area contributed by atoms with Crippen LogP contribution in [-0.4, -0.2) is 53.1 Å². The maximum Gasteiger partial charge on any atom is 0.334 e. The third-order valence-electron chi connectivity index (χ3n) is 8.84. The van der Waals surface area contributed by atoms with Gasteiger partial charge in [-0.1, -0.05) is 181 Å². The lowest BCUT2D eigenvalue weighted by Crippen LogP contribution is -2.44. The Morgan fingerprint density at radius 1 is 0.521 bits per heavy atom. The highest BCUT2D eigenvalue weighted by atomic mass is 31.2. The molecule has 3 N–H and O–H groups in total. The van der Waals surface area contributed by atoms with E-state index in [4.69, 9.17) is 19.3 Å². The number of hydrogen-bond donors (Lipinski definition) is 3. The number of amides is 1. The van der Waals surface area contributed by atoms with E-state index in [2.05, 4.69) is 19.2 Å². The van der Waals surface area contributed by atoms with Crippen LogP contribution in [0.25, 0.3) is 0 Å². The highest BCUT2D eigenvalue weighted by molar-refractivity contribution is 7.52. The summed E-state index contributed by atoms with van der Waals surface area (Å²) >= 11 is 0. The van der Waals surface area contributed by atoms with Gasteiger partial charge in [0.25, 0.3) is 0 Å². The molecule has 0 bridgehead atoms. The average Bonchev–Trinajstić information content (AvgIpc) is 3.03. The van der Waals surface area contributed by atoms with Crippen LogP contribution < -0.4 is 5.32 Å². The van der Waals surface area contributed by atoms with E-state index >= 15 is 0 Å². The van der Waals surface area contributed by atoms with Crippen molar-refractivity contribution in [3.63, 3.8) is 0 Å². The van der Waals surface area contributed by atoms with Gasteiger partial charge in [-0.3, -0.25) is 14.2 Å². The second-order valence-corrected chi connectivity index (χ2v) is 15.4. The third-order valence-corrected chi connectivity index (χ3v) is 9.54. The van der Waals surface area contributed by atoms with Gasteiger partial charge in [-0.2, -0.15) is 0 Å². The van der Waals surface area contributed by atoms with Crippen LogP contribution in [0.3, 0.4) is 0 Å². The van der Waals surface area contributed by atoms with Gasteiger partial charge in [0, 0.05) is 0 Å². The van der Waals surface area contributed by atoms with E-state index in [-0.39, 0.29) is 13.2 Å². The van der Waals surface area contributed by atoms with Crippen molar-refractivity contribution >= 4 is 25.4 Å². The van der Waals surface area contributed by atoms with Crippen LogP contribution in [0.1, 0.15) is 200 Å². The zero-order valence-corrected chi connectivity index (χ0v) is 31.9. The number of unbranched alkanes of at least 4 members (excludes halogenated alkanes) is 26. The first-order valence-corrected chi connectivity index (χ1v) is 21.7. The molecule has 0 rings (SSSR count). The molecule has 0 fully saturated rings. The fourth-order valence-corrected chi connectivity index (χ4v) is 6.36. The van der Waals surface area contributed by atoms with E-state index in [9.17, 15) is 18.9 Å². The van der Waals surface area contributed by atoms with Crippen LogP contribution >= 0.6 is 7.60 Å². The van der Waals surface area contributed by atoms with Gasteiger partial charge in [-0.05, 0) is 12.8 Å². The highest BCUT2D eigenvalue weighted by Gasteiger charge is 2.28. The first-order valence-electron chi connectivity index (χ1n) is 19.9. The molecule has 0 aromatic carbocycles. The van der Waals surface area contributed by atoms with Crippen LogP contribution in [0.2, 0.25) is 0 Å². The smallest absolute Gasteiger partial charge is 0.334 e. The summed E-state index contributed by atoms with van der Waals surface area (Å²) in [7, 11) is -4.62. The minimum absolute atomic E-state index is 0.163. The third kappa shape index (κ3) is 34.4. The summed E-state index contributed by atoms with van der Waals surface area (Å²) in [4.78, 5) is 55.5. The molecule has 0 aliphatic carbocycles. The molecule has 0 aliphatic rings. The minimum atomic E-state index is -4.62. The summed E-state index contributed by atoms with van der Waals surface area (Å²) in [5.41, 5.74) is 0. The molecule has 0 spiro atoms. The molecule has 9 nitrogen and oxygen atoms in total. The molecule has 0 aromatic rings. The van der Waals surface area contributed by atoms with Gasteiger partial charge < -0.3 is 24.6 Å². The largest absolute Gasteiger partial charge is 0.466 e. The Morgan fingerprint density at radius 2 is 0.833 bits per heavy atom. The summed E-state index contributed by atoms with van der Waals surface area (Å²) in [5, 5.41) is 2.25. The maximum atomic E-state index is 12.7. The second-order valence-electron chi connectivity index (χ2n) is 13.7. The molecule has 284 valence electrons. The van der Waals surface area contributed by atoms with Crippen molar-refractivity contribution in [2.45, 2.75) is 206 Å². The number of ether oxygens (including phenoxy) is 2. The summed E-state index contributed by atoms with van der Waals surface area (Å²) < 4.78 is 21.8. The van der Waals surface area contributed by atoms with Crippen molar-refractivity contribution in [3.05, 3.63) is 0 Å². The van der Waals surface area contributed by atoms with Crippen molar-refractivity contribution in [1.29, 1.82) is 0 Å². The Kier molecular flexibility index (Phi) is 33.0. The number of carbonyl (C=O) groups excluding carboxylic acids is 3. The Bertz CT molecular complexity index is 819. The Morgan fingerprint density at radius 3 is 1.17 bits per heavy atom. The molecule has 0 radical (unpaired) electrons. The van der Waals surface area contributed by atoms with Crippen molar-refractivity contribution in [2.24, 2.45) is 0 Å². The van der Waals surface area contributed by atoms with Crippen LogP contribution in [-0.2, 0) is 28.4 Å². The lowest BCUT2D eigenvalue weighted by molar-refractivity contribution is -0.153. The zero-order chi connectivity index (χ0) is 35.6. The SMILES string of the molecule is CCCCCCCCCCCCCCCCOC(=O)C[C@H](NC(=O)CP(=O)(O)O)C(=O)OCCCCCCCCCCCCCCCC. The van der Waals surface area contributed by atoms with E-state index in [1.807, 2.05) is 0 Å². The van der Waals surface area contributed by atoms with Gasteiger partial charge in [-0.25, -0.2) is 4.79 Å². The van der Waals surface area contributed by atoms with Crippen LogP contribution in [0.4, 0.5) is 0 Å². The highest BCUT2D eigenvalue weighted by Crippen LogP contribution is 2.33. The number of carbonyl (C=O) groups is 3. The summed E-state index contributed by atoms with van der Waals surface area (Å²) in [6.07, 6.45) is 32.6. The number of hydrogen-bond acceptors (Lipinski definition) is 6. The molecule has 0 aliphatic heterocycles. The predicted octanol–water partition coefficient (Wildman–Crippen LogP) is 10.1. The Labute approximate surface area is 294 Å². The fourth-order valence-electron chi connectivity index (χ4n) is 5.90. The maximum absolute atomic E-state index is 12.7. The van der Waals surface area contributed by atoms with Crippen molar-refractivity contribution in [3.8, 4) is 0 Å². The molecular formula is C38H74NO8P.